The summed E-state index contributed by atoms with van der Waals surface area (Å²) in [6.45, 7) is 0. The highest BCUT2D eigenvalue weighted by Gasteiger charge is 2.34. The number of carbonyl (C=O) groups excluding carboxylic acids is 1. The van der Waals surface area contributed by atoms with Gasteiger partial charge in [-0.2, -0.15) is 0 Å². The van der Waals surface area contributed by atoms with Crippen molar-refractivity contribution in [1.29, 1.82) is 0 Å². The summed E-state index contributed by atoms with van der Waals surface area (Å²) in [5, 5.41) is 4.06. The van der Waals surface area contributed by atoms with Gasteiger partial charge in [-0.1, -0.05) is 29.8 Å². The molecule has 92 valence electrons. The molecule has 1 aromatic rings. The molecule has 3 N–H and O–H groups in total. The number of amides is 1. The van der Waals surface area contributed by atoms with Crippen molar-refractivity contribution in [3.05, 3.63) is 47.0 Å². The van der Waals surface area contributed by atoms with Crippen LogP contribution in [0.1, 0.15) is 12.0 Å². The van der Waals surface area contributed by atoms with Crippen LogP contribution < -0.4 is 11.1 Å². The highest BCUT2D eigenvalue weighted by Crippen LogP contribution is 2.41. The Balaban J connectivity index is 2.08. The maximum Gasteiger partial charge on any atom is 0.226 e. The number of carbonyl (C=O) groups is 1. The van der Waals surface area contributed by atoms with Crippen molar-refractivity contribution in [3.8, 4) is 0 Å². The second-order valence-corrected chi connectivity index (χ2v) is 5.00. The lowest BCUT2D eigenvalue weighted by Crippen LogP contribution is -2.35. The van der Waals surface area contributed by atoms with E-state index < -0.39 is 0 Å². The second kappa shape index (κ2) is 4.18. The summed E-state index contributed by atoms with van der Waals surface area (Å²) in [5.41, 5.74) is 8.67. The van der Waals surface area contributed by atoms with E-state index in [9.17, 15) is 4.79 Å². The highest BCUT2D eigenvalue weighted by molar-refractivity contribution is 6.31. The summed E-state index contributed by atoms with van der Waals surface area (Å²) in [7, 11) is 0. The Bertz CT molecular complexity index is 577. The maximum absolute atomic E-state index is 11.5. The molecule has 1 heterocycles. The summed E-state index contributed by atoms with van der Waals surface area (Å²) in [6, 6.07) is 5.64. The molecule has 0 bridgehead atoms. The van der Waals surface area contributed by atoms with E-state index in [0.717, 1.165) is 23.2 Å². The van der Waals surface area contributed by atoms with E-state index in [0.29, 0.717) is 5.02 Å². The van der Waals surface area contributed by atoms with Crippen LogP contribution >= 0.6 is 11.6 Å². The zero-order valence-corrected chi connectivity index (χ0v) is 10.4. The molecule has 0 aromatic heterocycles. The number of hydrogen-bond acceptors (Lipinski definition) is 2. The van der Waals surface area contributed by atoms with Crippen LogP contribution in [-0.4, -0.2) is 11.9 Å². The number of nitrogens with one attached hydrogen (secondary N) is 1. The minimum Gasteiger partial charge on any atom is -0.377 e. The largest absolute Gasteiger partial charge is 0.377 e. The van der Waals surface area contributed by atoms with Gasteiger partial charge in [-0.05, 0) is 30.2 Å². The van der Waals surface area contributed by atoms with E-state index >= 15 is 0 Å². The van der Waals surface area contributed by atoms with Crippen LogP contribution in [0.2, 0.25) is 5.02 Å². The van der Waals surface area contributed by atoms with Gasteiger partial charge < -0.3 is 11.1 Å². The van der Waals surface area contributed by atoms with Crippen molar-refractivity contribution in [2.45, 2.75) is 12.5 Å². The van der Waals surface area contributed by atoms with Gasteiger partial charge >= 0.3 is 0 Å². The van der Waals surface area contributed by atoms with Crippen molar-refractivity contribution >= 4 is 28.8 Å². The molecule has 1 aliphatic heterocycles. The lowest BCUT2D eigenvalue weighted by Gasteiger charge is -2.18. The van der Waals surface area contributed by atoms with Gasteiger partial charge in [-0.15, -0.1) is 0 Å². The predicted octanol–water partition coefficient (Wildman–Crippen LogP) is 2.58. The Morgan fingerprint density at radius 3 is 3.06 bits per heavy atom. The third-order valence-corrected chi connectivity index (χ3v) is 3.68. The Hall–Kier alpha value is -1.74. The van der Waals surface area contributed by atoms with Gasteiger partial charge in [-0.25, -0.2) is 0 Å². The Labute approximate surface area is 110 Å². The van der Waals surface area contributed by atoms with Gasteiger partial charge in [0.25, 0.3) is 0 Å². The van der Waals surface area contributed by atoms with Gasteiger partial charge in [-0.3, -0.25) is 4.79 Å². The van der Waals surface area contributed by atoms with Crippen LogP contribution in [0.15, 0.2) is 36.4 Å². The van der Waals surface area contributed by atoms with Crippen LogP contribution in [0.3, 0.4) is 0 Å². The third kappa shape index (κ3) is 1.71. The lowest BCUT2D eigenvalue weighted by molar-refractivity contribution is -0.120. The molecule has 0 fully saturated rings. The number of rotatable bonds is 1. The van der Waals surface area contributed by atoms with Gasteiger partial charge in [0.05, 0.1) is 12.0 Å². The SMILES string of the molecule is NC(=O)[C@H]1C=CCC=C2c3cc(Cl)ccc3NC21. The molecule has 2 aliphatic rings. The maximum atomic E-state index is 11.5. The van der Waals surface area contributed by atoms with Gasteiger partial charge in [0.15, 0.2) is 0 Å². The molecular weight excluding hydrogens is 248 g/mol. The number of hydrogen-bond donors (Lipinski definition) is 2. The van der Waals surface area contributed by atoms with E-state index in [-0.39, 0.29) is 17.9 Å². The van der Waals surface area contributed by atoms with Crippen LogP contribution in [-0.2, 0) is 4.79 Å². The molecule has 0 saturated heterocycles. The Morgan fingerprint density at radius 2 is 2.28 bits per heavy atom. The molecule has 0 radical (unpaired) electrons. The molecule has 3 rings (SSSR count). The first-order valence-corrected chi connectivity index (χ1v) is 6.27. The minimum absolute atomic E-state index is 0.0743. The number of allylic oxidation sites excluding steroid dienone is 2. The lowest BCUT2D eigenvalue weighted by atomic mass is 9.92. The van der Waals surface area contributed by atoms with Crippen molar-refractivity contribution in [2.75, 3.05) is 5.32 Å². The predicted molar refractivity (Wildman–Crippen MR) is 73.3 cm³/mol. The van der Waals surface area contributed by atoms with Crippen molar-refractivity contribution in [1.82, 2.24) is 0 Å². The Morgan fingerprint density at radius 1 is 1.44 bits per heavy atom. The second-order valence-electron chi connectivity index (χ2n) is 4.56. The van der Waals surface area contributed by atoms with Crippen LogP contribution in [0.25, 0.3) is 5.57 Å². The highest BCUT2D eigenvalue weighted by atomic mass is 35.5. The number of nitrogens with two attached hydrogens (primary N) is 1. The first-order valence-electron chi connectivity index (χ1n) is 5.89. The van der Waals surface area contributed by atoms with Gasteiger partial charge in [0.2, 0.25) is 5.91 Å². The summed E-state index contributed by atoms with van der Waals surface area (Å²) in [4.78, 5) is 11.5. The molecule has 1 aliphatic carbocycles. The minimum atomic E-state index is -0.315. The van der Waals surface area contributed by atoms with Crippen LogP contribution in [0.4, 0.5) is 5.69 Å². The molecule has 2 atom stereocenters. The van der Waals surface area contributed by atoms with E-state index in [4.69, 9.17) is 17.3 Å². The van der Waals surface area contributed by atoms with Crippen LogP contribution in [0, 0.1) is 5.92 Å². The normalized spacial score (nSPS) is 24.6. The number of benzene rings is 1. The van der Waals surface area contributed by atoms with Gasteiger partial charge in [0, 0.05) is 16.3 Å². The molecular formula is C14H13ClN2O. The number of primary amides is 1. The number of fused-ring (bicyclic) bond motifs is 3. The quantitative estimate of drug-likeness (QED) is 0.763. The average molecular weight is 261 g/mol. The molecule has 1 aromatic carbocycles. The smallest absolute Gasteiger partial charge is 0.226 e. The number of anilines is 1. The summed E-state index contributed by atoms with van der Waals surface area (Å²) >= 11 is 6.03. The first-order chi connectivity index (χ1) is 8.66. The summed E-state index contributed by atoms with van der Waals surface area (Å²) in [6.07, 6.45) is 6.80. The molecule has 3 nitrogen and oxygen atoms in total. The Kier molecular flexibility index (Phi) is 2.63. The fourth-order valence-electron chi connectivity index (χ4n) is 2.60. The summed E-state index contributed by atoms with van der Waals surface area (Å²) < 4.78 is 0. The number of halogens is 1. The third-order valence-electron chi connectivity index (χ3n) is 3.44. The fraction of sp³-hybridized carbons (Fsp3) is 0.214. The molecule has 4 heteroatoms. The van der Waals surface area contributed by atoms with E-state index in [1.807, 2.05) is 30.4 Å². The monoisotopic (exact) mass is 260 g/mol. The van der Waals surface area contributed by atoms with E-state index in [1.54, 1.807) is 0 Å². The van der Waals surface area contributed by atoms with E-state index in [1.165, 1.54) is 0 Å². The van der Waals surface area contributed by atoms with Crippen molar-refractivity contribution in [3.63, 3.8) is 0 Å². The topological polar surface area (TPSA) is 55.1 Å². The fourth-order valence-corrected chi connectivity index (χ4v) is 2.78. The standard InChI is InChI=1S/C14H13ClN2O/c15-8-5-6-12-11(7-8)9-3-1-2-4-10(14(16)18)13(9)17-12/h2-7,10,13,17H,1H2,(H2,16,18)/t10-,13?/m0/s1. The zero-order chi connectivity index (χ0) is 12.7. The molecule has 0 saturated carbocycles. The molecule has 18 heavy (non-hydrogen) atoms. The van der Waals surface area contributed by atoms with Crippen LogP contribution in [0.5, 0.6) is 0 Å². The average Bonchev–Trinajstić information content (AvgIpc) is 2.55. The zero-order valence-electron chi connectivity index (χ0n) is 9.69. The molecule has 1 amide bonds. The molecule has 0 spiro atoms. The van der Waals surface area contributed by atoms with Crippen molar-refractivity contribution < 1.29 is 4.79 Å². The first kappa shape index (κ1) is 11.4. The van der Waals surface area contributed by atoms with Crippen molar-refractivity contribution in [2.24, 2.45) is 11.7 Å². The van der Waals surface area contributed by atoms with E-state index in [2.05, 4.69) is 11.4 Å². The summed E-state index contributed by atoms with van der Waals surface area (Å²) in [5.74, 6) is -0.625. The molecule has 1 unspecified atom stereocenters. The van der Waals surface area contributed by atoms with Gasteiger partial charge in [0.1, 0.15) is 0 Å².